The molecular formula is C20H20N4O2. The molecule has 0 atom stereocenters. The molecule has 1 aromatic heterocycles. The second kappa shape index (κ2) is 7.57. The standard InChI is InChI=1S/C20H20N4O2/c1-13-8-10-15(11-9-13)14(2)21-24-20(25)18-12-17(22-23-18)16-6-4-5-7-19(16)26-3/h4-12,21H,2H2,1,3H3,(H,22,23)(H,24,25). The van der Waals surface area contributed by atoms with Gasteiger partial charge in [0.2, 0.25) is 0 Å². The lowest BCUT2D eigenvalue weighted by molar-refractivity contribution is 0.0937. The Balaban J connectivity index is 1.67. The molecule has 3 rings (SSSR count). The molecule has 0 unspecified atom stereocenters. The molecule has 0 radical (unpaired) electrons. The third kappa shape index (κ3) is 3.75. The van der Waals surface area contributed by atoms with Crippen molar-refractivity contribution >= 4 is 11.6 Å². The quantitative estimate of drug-likeness (QED) is 0.597. The lowest BCUT2D eigenvalue weighted by atomic mass is 10.1. The number of para-hydroxylation sites is 1. The maximum Gasteiger partial charge on any atom is 0.287 e. The first-order valence-corrected chi connectivity index (χ1v) is 8.09. The van der Waals surface area contributed by atoms with Crippen LogP contribution in [0.15, 0.2) is 61.2 Å². The van der Waals surface area contributed by atoms with Gasteiger partial charge in [0.1, 0.15) is 11.4 Å². The summed E-state index contributed by atoms with van der Waals surface area (Å²) in [6.45, 7) is 5.94. The predicted octanol–water partition coefficient (Wildman–Crippen LogP) is 3.30. The van der Waals surface area contributed by atoms with Gasteiger partial charge in [0.25, 0.3) is 5.91 Å². The molecule has 0 aliphatic heterocycles. The number of amides is 1. The molecule has 6 nitrogen and oxygen atoms in total. The minimum Gasteiger partial charge on any atom is -0.496 e. The van der Waals surface area contributed by atoms with Crippen LogP contribution in [0, 0.1) is 6.92 Å². The van der Waals surface area contributed by atoms with Gasteiger partial charge < -0.3 is 4.74 Å². The molecule has 0 bridgehead atoms. The molecule has 3 N–H and O–H groups in total. The van der Waals surface area contributed by atoms with Gasteiger partial charge in [-0.3, -0.25) is 20.7 Å². The first-order valence-electron chi connectivity index (χ1n) is 8.09. The number of nitrogens with zero attached hydrogens (tertiary/aromatic N) is 1. The molecule has 1 amide bonds. The Morgan fingerprint density at radius 1 is 1.12 bits per heavy atom. The molecule has 1 heterocycles. The number of aromatic amines is 1. The lowest BCUT2D eigenvalue weighted by Gasteiger charge is -2.10. The number of hydrogen-bond donors (Lipinski definition) is 3. The first kappa shape index (κ1) is 17.3. The van der Waals surface area contributed by atoms with Crippen molar-refractivity contribution in [1.82, 2.24) is 21.0 Å². The molecular weight excluding hydrogens is 328 g/mol. The average molecular weight is 348 g/mol. The molecule has 0 fully saturated rings. The minimum atomic E-state index is -0.341. The van der Waals surface area contributed by atoms with Crippen LogP contribution in [-0.2, 0) is 0 Å². The van der Waals surface area contributed by atoms with E-state index in [1.807, 2.05) is 55.5 Å². The number of methoxy groups -OCH3 is 1. The number of hydrogen-bond acceptors (Lipinski definition) is 4. The zero-order valence-electron chi connectivity index (χ0n) is 14.7. The van der Waals surface area contributed by atoms with Crippen LogP contribution < -0.4 is 15.6 Å². The van der Waals surface area contributed by atoms with Crippen LogP contribution in [0.1, 0.15) is 21.6 Å². The van der Waals surface area contributed by atoms with Gasteiger partial charge in [0.15, 0.2) is 0 Å². The fraction of sp³-hybridized carbons (Fsp3) is 0.100. The molecule has 6 heteroatoms. The maximum absolute atomic E-state index is 12.3. The molecule has 26 heavy (non-hydrogen) atoms. The van der Waals surface area contributed by atoms with Crippen molar-refractivity contribution < 1.29 is 9.53 Å². The highest BCUT2D eigenvalue weighted by molar-refractivity contribution is 5.93. The fourth-order valence-corrected chi connectivity index (χ4v) is 2.46. The van der Waals surface area contributed by atoms with E-state index in [1.165, 1.54) is 0 Å². The van der Waals surface area contributed by atoms with Crippen LogP contribution in [0.2, 0.25) is 0 Å². The molecule has 3 aromatic rings. The summed E-state index contributed by atoms with van der Waals surface area (Å²) in [5, 5.41) is 6.93. The normalized spacial score (nSPS) is 10.2. The molecule has 0 saturated heterocycles. The van der Waals surface area contributed by atoms with Crippen LogP contribution in [0.4, 0.5) is 0 Å². The molecule has 132 valence electrons. The Morgan fingerprint density at radius 2 is 1.85 bits per heavy atom. The van der Waals surface area contributed by atoms with Gasteiger partial charge in [-0.2, -0.15) is 5.10 Å². The van der Waals surface area contributed by atoms with Crippen LogP contribution in [0.25, 0.3) is 17.0 Å². The van der Waals surface area contributed by atoms with Crippen molar-refractivity contribution in [2.24, 2.45) is 0 Å². The van der Waals surface area contributed by atoms with E-state index in [2.05, 4.69) is 27.6 Å². The van der Waals surface area contributed by atoms with Crippen LogP contribution in [-0.4, -0.2) is 23.2 Å². The van der Waals surface area contributed by atoms with E-state index in [-0.39, 0.29) is 5.91 Å². The van der Waals surface area contributed by atoms with Crippen LogP contribution in [0.3, 0.4) is 0 Å². The Kier molecular flexibility index (Phi) is 5.03. The Labute approximate surface area is 151 Å². The number of carbonyl (C=O) groups excluding carboxylic acids is 1. The van der Waals surface area contributed by atoms with Gasteiger partial charge in [-0.15, -0.1) is 0 Å². The highest BCUT2D eigenvalue weighted by Gasteiger charge is 2.13. The van der Waals surface area contributed by atoms with Gasteiger partial charge in [-0.05, 0) is 30.7 Å². The summed E-state index contributed by atoms with van der Waals surface area (Å²) >= 11 is 0. The van der Waals surface area contributed by atoms with Crippen molar-refractivity contribution in [3.8, 4) is 17.0 Å². The number of nitrogens with one attached hydrogen (secondary N) is 3. The smallest absolute Gasteiger partial charge is 0.287 e. The summed E-state index contributed by atoms with van der Waals surface area (Å²) in [5.74, 6) is 0.351. The second-order valence-electron chi connectivity index (χ2n) is 5.79. The predicted molar refractivity (Wildman–Crippen MR) is 101 cm³/mol. The second-order valence-corrected chi connectivity index (χ2v) is 5.79. The van der Waals surface area contributed by atoms with E-state index < -0.39 is 0 Å². The van der Waals surface area contributed by atoms with E-state index in [9.17, 15) is 4.79 Å². The minimum absolute atomic E-state index is 0.329. The third-order valence-electron chi connectivity index (χ3n) is 3.93. The monoisotopic (exact) mass is 348 g/mol. The van der Waals surface area contributed by atoms with Crippen molar-refractivity contribution in [3.05, 3.63) is 78.0 Å². The zero-order chi connectivity index (χ0) is 18.5. The highest BCUT2D eigenvalue weighted by atomic mass is 16.5. The maximum atomic E-state index is 12.3. The summed E-state index contributed by atoms with van der Waals surface area (Å²) in [6.07, 6.45) is 0. The summed E-state index contributed by atoms with van der Waals surface area (Å²) in [6, 6.07) is 17.0. The summed E-state index contributed by atoms with van der Waals surface area (Å²) in [5.41, 5.74) is 9.86. The SMILES string of the molecule is C=C(NNC(=O)c1cc(-c2ccccc2OC)n[nH]1)c1ccc(C)cc1. The number of aryl methyl sites for hydroxylation is 1. The molecule has 2 aromatic carbocycles. The molecule has 0 aliphatic carbocycles. The van der Waals surface area contributed by atoms with Crippen molar-refractivity contribution in [2.75, 3.05) is 7.11 Å². The summed E-state index contributed by atoms with van der Waals surface area (Å²) in [4.78, 5) is 12.3. The highest BCUT2D eigenvalue weighted by Crippen LogP contribution is 2.28. The molecule has 0 spiro atoms. The molecule has 0 aliphatic rings. The fourth-order valence-electron chi connectivity index (χ4n) is 2.46. The number of benzene rings is 2. The summed E-state index contributed by atoms with van der Waals surface area (Å²) in [7, 11) is 1.60. The van der Waals surface area contributed by atoms with Crippen LogP contribution >= 0.6 is 0 Å². The Bertz CT molecular complexity index is 929. The topological polar surface area (TPSA) is 79.0 Å². The Hall–Kier alpha value is -3.54. The van der Waals surface area contributed by atoms with E-state index >= 15 is 0 Å². The Morgan fingerprint density at radius 3 is 2.58 bits per heavy atom. The van der Waals surface area contributed by atoms with Gasteiger partial charge in [-0.1, -0.05) is 48.5 Å². The van der Waals surface area contributed by atoms with Gasteiger partial charge >= 0.3 is 0 Å². The van der Waals surface area contributed by atoms with Gasteiger partial charge in [0, 0.05) is 5.56 Å². The van der Waals surface area contributed by atoms with Gasteiger partial charge in [-0.25, -0.2) is 0 Å². The van der Waals surface area contributed by atoms with Crippen LogP contribution in [0.5, 0.6) is 5.75 Å². The van der Waals surface area contributed by atoms with Crippen molar-refractivity contribution in [2.45, 2.75) is 6.92 Å². The largest absolute Gasteiger partial charge is 0.496 e. The molecule has 0 saturated carbocycles. The summed E-state index contributed by atoms with van der Waals surface area (Å²) < 4.78 is 5.33. The number of rotatable bonds is 6. The van der Waals surface area contributed by atoms with E-state index in [4.69, 9.17) is 4.74 Å². The van der Waals surface area contributed by atoms with Crippen molar-refractivity contribution in [1.29, 1.82) is 0 Å². The number of H-pyrrole nitrogens is 1. The lowest BCUT2D eigenvalue weighted by Crippen LogP contribution is -2.36. The van der Waals surface area contributed by atoms with E-state index in [0.29, 0.717) is 22.8 Å². The van der Waals surface area contributed by atoms with E-state index in [1.54, 1.807) is 13.2 Å². The number of ether oxygens (including phenoxy) is 1. The zero-order valence-corrected chi connectivity index (χ0v) is 14.7. The third-order valence-corrected chi connectivity index (χ3v) is 3.93. The van der Waals surface area contributed by atoms with E-state index in [0.717, 1.165) is 16.7 Å². The number of aromatic nitrogens is 2. The first-order chi connectivity index (χ1) is 12.6. The average Bonchev–Trinajstić information content (AvgIpc) is 3.16. The number of hydrazine groups is 1. The number of carbonyl (C=O) groups is 1. The van der Waals surface area contributed by atoms with Gasteiger partial charge in [0.05, 0.1) is 18.5 Å². The van der Waals surface area contributed by atoms with Crippen molar-refractivity contribution in [3.63, 3.8) is 0 Å².